The van der Waals surface area contributed by atoms with E-state index in [1.165, 1.54) is 0 Å². The van der Waals surface area contributed by atoms with E-state index < -0.39 is 0 Å². The van der Waals surface area contributed by atoms with Gasteiger partial charge in [0.1, 0.15) is 12.0 Å². The van der Waals surface area contributed by atoms with Crippen LogP contribution in [0.5, 0.6) is 0 Å². The average Bonchev–Trinajstić information content (AvgIpc) is 2.08. The summed E-state index contributed by atoms with van der Waals surface area (Å²) in [4.78, 5) is 17.5. The molecule has 0 saturated carbocycles. The van der Waals surface area contributed by atoms with Gasteiger partial charge in [-0.1, -0.05) is 11.6 Å². The number of nitrogen functional groups attached to an aromatic ring is 1. The predicted octanol–water partition coefficient (Wildman–Crippen LogP) is -0.451. The van der Waals surface area contributed by atoms with Gasteiger partial charge in [0.05, 0.1) is 0 Å². The number of halogens is 1. The second kappa shape index (κ2) is 3.33. The Labute approximate surface area is 73.1 Å². The van der Waals surface area contributed by atoms with Crippen LogP contribution in [0.3, 0.4) is 0 Å². The highest BCUT2D eigenvalue weighted by Crippen LogP contribution is 2.22. The number of nitrogens with two attached hydrogens (primary N) is 2. The lowest BCUT2D eigenvalue weighted by Gasteiger charge is -2.10. The van der Waals surface area contributed by atoms with Gasteiger partial charge < -0.3 is 5.73 Å². The molecule has 1 aromatic rings. The molecule has 7 heteroatoms. The van der Waals surface area contributed by atoms with Gasteiger partial charge in [-0.25, -0.2) is 20.8 Å². The minimum atomic E-state index is 0.0669. The smallest absolute Gasteiger partial charge is 0.229 e. The monoisotopic (exact) mass is 187 g/mol. The maximum absolute atomic E-state index is 10.2. The van der Waals surface area contributed by atoms with Crippen molar-refractivity contribution in [2.45, 2.75) is 0 Å². The molecule has 12 heavy (non-hydrogen) atoms. The summed E-state index contributed by atoms with van der Waals surface area (Å²) in [5.74, 6) is 5.29. The van der Waals surface area contributed by atoms with E-state index in [0.717, 1.165) is 11.3 Å². The number of amides is 1. The van der Waals surface area contributed by atoms with Crippen molar-refractivity contribution in [2.24, 2.45) is 5.84 Å². The summed E-state index contributed by atoms with van der Waals surface area (Å²) in [7, 11) is 0. The summed E-state index contributed by atoms with van der Waals surface area (Å²) in [5.41, 5.74) is 5.50. The van der Waals surface area contributed by atoms with Crippen LogP contribution < -0.4 is 16.6 Å². The normalized spacial score (nSPS) is 9.50. The van der Waals surface area contributed by atoms with E-state index in [1.807, 2.05) is 0 Å². The third kappa shape index (κ3) is 1.44. The average molecular weight is 188 g/mol. The van der Waals surface area contributed by atoms with Gasteiger partial charge in [0.25, 0.3) is 0 Å². The Morgan fingerprint density at radius 3 is 2.83 bits per heavy atom. The SMILES string of the molecule is Nc1c(Cl)ncnc1N(N)C=O. The Morgan fingerprint density at radius 1 is 1.58 bits per heavy atom. The molecule has 0 aliphatic carbocycles. The van der Waals surface area contributed by atoms with Crippen molar-refractivity contribution in [1.82, 2.24) is 9.97 Å². The van der Waals surface area contributed by atoms with Gasteiger partial charge >= 0.3 is 0 Å². The zero-order valence-corrected chi connectivity index (χ0v) is 6.69. The molecule has 0 radical (unpaired) electrons. The number of hydrazine groups is 1. The van der Waals surface area contributed by atoms with Crippen LogP contribution in [0.4, 0.5) is 11.5 Å². The standard InChI is InChI=1S/C5H6ClN5O/c6-4-3(7)5(10-1-9-4)11(8)2-12/h1-2H,7-8H2. The van der Waals surface area contributed by atoms with Crippen molar-refractivity contribution in [3.05, 3.63) is 11.5 Å². The molecule has 1 rings (SSSR count). The van der Waals surface area contributed by atoms with Crippen LogP contribution in [0.2, 0.25) is 5.15 Å². The summed E-state index contributed by atoms with van der Waals surface area (Å²) in [6.45, 7) is 0. The van der Waals surface area contributed by atoms with E-state index >= 15 is 0 Å². The van der Waals surface area contributed by atoms with Crippen molar-refractivity contribution in [2.75, 3.05) is 10.7 Å². The van der Waals surface area contributed by atoms with E-state index in [-0.39, 0.29) is 16.7 Å². The van der Waals surface area contributed by atoms with Crippen molar-refractivity contribution in [3.8, 4) is 0 Å². The number of carbonyl (C=O) groups is 1. The highest BCUT2D eigenvalue weighted by atomic mass is 35.5. The minimum absolute atomic E-state index is 0.0669. The van der Waals surface area contributed by atoms with Crippen LogP contribution in [-0.4, -0.2) is 16.4 Å². The molecule has 1 heterocycles. The molecule has 1 aromatic heterocycles. The number of nitrogens with zero attached hydrogens (tertiary/aromatic N) is 3. The molecule has 0 unspecified atom stereocenters. The molecule has 0 aromatic carbocycles. The predicted molar refractivity (Wildman–Crippen MR) is 44.2 cm³/mol. The van der Waals surface area contributed by atoms with E-state index in [9.17, 15) is 4.79 Å². The number of carbonyl (C=O) groups excluding carboxylic acids is 1. The first-order valence-electron chi connectivity index (χ1n) is 2.92. The zero-order valence-electron chi connectivity index (χ0n) is 5.94. The molecule has 0 aliphatic rings. The molecule has 0 aliphatic heterocycles. The molecule has 0 bridgehead atoms. The lowest BCUT2D eigenvalue weighted by Crippen LogP contribution is -2.30. The third-order valence-corrected chi connectivity index (χ3v) is 1.47. The van der Waals surface area contributed by atoms with Crippen molar-refractivity contribution >= 4 is 29.5 Å². The second-order valence-corrected chi connectivity index (χ2v) is 2.27. The van der Waals surface area contributed by atoms with Crippen LogP contribution in [0, 0.1) is 0 Å². The van der Waals surface area contributed by atoms with Crippen molar-refractivity contribution in [1.29, 1.82) is 0 Å². The van der Waals surface area contributed by atoms with Gasteiger partial charge in [-0.05, 0) is 0 Å². The second-order valence-electron chi connectivity index (χ2n) is 1.91. The highest BCUT2D eigenvalue weighted by Gasteiger charge is 2.09. The Hall–Kier alpha value is -1.40. The van der Waals surface area contributed by atoms with Gasteiger partial charge in [-0.2, -0.15) is 0 Å². The number of rotatable bonds is 2. The first-order chi connectivity index (χ1) is 5.66. The summed E-state index contributed by atoms with van der Waals surface area (Å²) in [6, 6.07) is 0. The van der Waals surface area contributed by atoms with Crippen LogP contribution in [-0.2, 0) is 4.79 Å². The van der Waals surface area contributed by atoms with Crippen LogP contribution in [0.1, 0.15) is 0 Å². The maximum atomic E-state index is 10.2. The van der Waals surface area contributed by atoms with E-state index in [2.05, 4.69) is 9.97 Å². The molecular formula is C5H6ClN5O. The number of anilines is 2. The largest absolute Gasteiger partial charge is 0.393 e. The summed E-state index contributed by atoms with van der Waals surface area (Å²) in [5, 5.41) is 0.792. The quantitative estimate of drug-likeness (QED) is 0.215. The molecule has 1 amide bonds. The molecule has 0 atom stereocenters. The first-order valence-corrected chi connectivity index (χ1v) is 3.29. The number of hydrogen-bond acceptors (Lipinski definition) is 5. The Morgan fingerprint density at radius 2 is 2.25 bits per heavy atom. The molecule has 0 spiro atoms. The fraction of sp³-hybridized carbons (Fsp3) is 0. The van der Waals surface area contributed by atoms with Gasteiger partial charge in [0.15, 0.2) is 11.0 Å². The fourth-order valence-corrected chi connectivity index (χ4v) is 0.749. The summed E-state index contributed by atoms with van der Waals surface area (Å²) < 4.78 is 0. The Balaban J connectivity index is 3.15. The number of aromatic nitrogens is 2. The first kappa shape index (κ1) is 8.69. The molecule has 64 valence electrons. The molecule has 4 N–H and O–H groups in total. The molecular weight excluding hydrogens is 182 g/mol. The molecule has 0 fully saturated rings. The van der Waals surface area contributed by atoms with Gasteiger partial charge in [0, 0.05) is 0 Å². The molecule has 6 nitrogen and oxygen atoms in total. The third-order valence-electron chi connectivity index (χ3n) is 1.17. The van der Waals surface area contributed by atoms with Gasteiger partial charge in [-0.3, -0.25) is 4.79 Å². The van der Waals surface area contributed by atoms with Crippen molar-refractivity contribution < 1.29 is 4.79 Å². The Kier molecular flexibility index (Phi) is 2.41. The van der Waals surface area contributed by atoms with Crippen molar-refractivity contribution in [3.63, 3.8) is 0 Å². The maximum Gasteiger partial charge on any atom is 0.229 e. The Bertz CT molecular complexity index is 304. The minimum Gasteiger partial charge on any atom is -0.393 e. The van der Waals surface area contributed by atoms with E-state index in [0.29, 0.717) is 6.41 Å². The van der Waals surface area contributed by atoms with Crippen LogP contribution in [0.25, 0.3) is 0 Å². The fourth-order valence-electron chi connectivity index (χ4n) is 0.621. The number of hydrogen-bond donors (Lipinski definition) is 2. The highest BCUT2D eigenvalue weighted by molar-refractivity contribution is 6.32. The van der Waals surface area contributed by atoms with E-state index in [1.54, 1.807) is 0 Å². The van der Waals surface area contributed by atoms with Gasteiger partial charge in [-0.15, -0.1) is 0 Å². The van der Waals surface area contributed by atoms with Crippen LogP contribution >= 0.6 is 11.6 Å². The summed E-state index contributed by atoms with van der Waals surface area (Å²) in [6.07, 6.45) is 1.53. The van der Waals surface area contributed by atoms with Crippen LogP contribution in [0.15, 0.2) is 6.33 Å². The summed E-state index contributed by atoms with van der Waals surface area (Å²) >= 11 is 5.54. The lowest BCUT2D eigenvalue weighted by molar-refractivity contribution is -0.107. The lowest BCUT2D eigenvalue weighted by atomic mass is 10.5. The van der Waals surface area contributed by atoms with E-state index in [4.69, 9.17) is 23.2 Å². The zero-order chi connectivity index (χ0) is 9.14. The topological polar surface area (TPSA) is 98.1 Å². The molecule has 0 saturated heterocycles. The van der Waals surface area contributed by atoms with Gasteiger partial charge in [0.2, 0.25) is 6.41 Å².